The quantitative estimate of drug-likeness (QED) is 0.800. The molecule has 0 saturated heterocycles. The third kappa shape index (κ3) is 3.35. The lowest BCUT2D eigenvalue weighted by Crippen LogP contribution is -2.55. The Morgan fingerprint density at radius 2 is 2.00 bits per heavy atom. The van der Waals surface area contributed by atoms with Crippen molar-refractivity contribution in [2.24, 2.45) is 17.6 Å². The normalized spacial score (nSPS) is 41.0. The van der Waals surface area contributed by atoms with E-state index in [4.69, 9.17) is 5.73 Å². The standard InChI is InChI=1S/C13H24N2O.ClH/c1-9-7-10(8-9)15-12(16)11-5-3-4-6-13(11,2)14;/h9-11H,3-8,14H2,1-2H3,(H,15,16);1H. The lowest BCUT2D eigenvalue weighted by atomic mass is 9.73. The first kappa shape index (κ1) is 14.8. The first-order valence-corrected chi connectivity index (χ1v) is 6.58. The summed E-state index contributed by atoms with van der Waals surface area (Å²) in [5.74, 6) is 1.000. The van der Waals surface area contributed by atoms with Gasteiger partial charge in [0.25, 0.3) is 0 Å². The van der Waals surface area contributed by atoms with Gasteiger partial charge >= 0.3 is 0 Å². The third-order valence-electron chi connectivity index (χ3n) is 4.29. The van der Waals surface area contributed by atoms with E-state index in [1.807, 2.05) is 6.92 Å². The second kappa shape index (κ2) is 5.57. The van der Waals surface area contributed by atoms with Crippen LogP contribution >= 0.6 is 12.4 Å². The summed E-state index contributed by atoms with van der Waals surface area (Å²) >= 11 is 0. The number of carbonyl (C=O) groups excluding carboxylic acids is 1. The Hall–Kier alpha value is -0.280. The van der Waals surface area contributed by atoms with Gasteiger partial charge in [0.1, 0.15) is 0 Å². The highest BCUT2D eigenvalue weighted by atomic mass is 35.5. The average Bonchev–Trinajstić information content (AvgIpc) is 2.14. The van der Waals surface area contributed by atoms with E-state index in [1.165, 1.54) is 0 Å². The predicted molar refractivity (Wildman–Crippen MR) is 72.1 cm³/mol. The molecule has 4 heteroatoms. The first-order valence-electron chi connectivity index (χ1n) is 6.58. The van der Waals surface area contributed by atoms with E-state index in [0.29, 0.717) is 6.04 Å². The molecule has 1 amide bonds. The maximum Gasteiger partial charge on any atom is 0.225 e. The topological polar surface area (TPSA) is 55.1 Å². The molecule has 0 aromatic heterocycles. The summed E-state index contributed by atoms with van der Waals surface area (Å²) < 4.78 is 0. The second-order valence-corrected chi connectivity index (χ2v) is 6.09. The molecule has 0 bridgehead atoms. The van der Waals surface area contributed by atoms with Gasteiger partial charge in [0, 0.05) is 11.6 Å². The molecule has 2 saturated carbocycles. The van der Waals surface area contributed by atoms with Crippen molar-refractivity contribution >= 4 is 18.3 Å². The number of rotatable bonds is 2. The summed E-state index contributed by atoms with van der Waals surface area (Å²) in [6.07, 6.45) is 6.52. The largest absolute Gasteiger partial charge is 0.353 e. The first-order chi connectivity index (χ1) is 7.49. The Morgan fingerprint density at radius 1 is 1.35 bits per heavy atom. The van der Waals surface area contributed by atoms with Gasteiger partial charge in [0.2, 0.25) is 5.91 Å². The average molecular weight is 261 g/mol. The molecule has 2 rings (SSSR count). The van der Waals surface area contributed by atoms with Crippen molar-refractivity contribution in [1.82, 2.24) is 5.32 Å². The molecular weight excluding hydrogens is 236 g/mol. The van der Waals surface area contributed by atoms with Crippen LogP contribution in [0, 0.1) is 11.8 Å². The van der Waals surface area contributed by atoms with Gasteiger partial charge in [-0.05, 0) is 38.5 Å². The SMILES string of the molecule is CC1CC(NC(=O)C2CCCCC2(C)N)C1.Cl. The van der Waals surface area contributed by atoms with Gasteiger partial charge in [-0.25, -0.2) is 0 Å². The van der Waals surface area contributed by atoms with Crippen LogP contribution in [0.25, 0.3) is 0 Å². The van der Waals surface area contributed by atoms with Crippen LogP contribution in [0.1, 0.15) is 52.4 Å². The number of nitrogens with two attached hydrogens (primary N) is 1. The minimum Gasteiger partial charge on any atom is -0.353 e. The fourth-order valence-electron chi connectivity index (χ4n) is 3.11. The minimum atomic E-state index is -0.294. The van der Waals surface area contributed by atoms with Crippen molar-refractivity contribution in [3.8, 4) is 0 Å². The lowest BCUT2D eigenvalue weighted by Gasteiger charge is -2.40. The summed E-state index contributed by atoms with van der Waals surface area (Å²) in [5.41, 5.74) is 5.93. The monoisotopic (exact) mass is 260 g/mol. The van der Waals surface area contributed by atoms with Gasteiger partial charge in [-0.15, -0.1) is 12.4 Å². The van der Waals surface area contributed by atoms with Crippen LogP contribution in [0.5, 0.6) is 0 Å². The summed E-state index contributed by atoms with van der Waals surface area (Å²) in [6.45, 7) is 4.26. The van der Waals surface area contributed by atoms with Crippen molar-refractivity contribution in [2.75, 3.05) is 0 Å². The molecule has 0 aromatic carbocycles. The van der Waals surface area contributed by atoms with Crippen molar-refractivity contribution in [3.63, 3.8) is 0 Å². The highest BCUT2D eigenvalue weighted by molar-refractivity contribution is 5.85. The molecule has 2 aliphatic carbocycles. The number of nitrogens with one attached hydrogen (secondary N) is 1. The smallest absolute Gasteiger partial charge is 0.225 e. The Balaban J connectivity index is 0.00000144. The molecule has 2 atom stereocenters. The van der Waals surface area contributed by atoms with Gasteiger partial charge in [-0.2, -0.15) is 0 Å². The zero-order chi connectivity index (χ0) is 11.8. The zero-order valence-electron chi connectivity index (χ0n) is 10.9. The van der Waals surface area contributed by atoms with E-state index in [0.717, 1.165) is 44.4 Å². The van der Waals surface area contributed by atoms with Crippen LogP contribution in [0.4, 0.5) is 0 Å². The van der Waals surface area contributed by atoms with Crippen molar-refractivity contribution < 1.29 is 4.79 Å². The van der Waals surface area contributed by atoms with E-state index in [1.54, 1.807) is 0 Å². The van der Waals surface area contributed by atoms with Crippen molar-refractivity contribution in [1.29, 1.82) is 0 Å². The van der Waals surface area contributed by atoms with Crippen LogP contribution in [0.15, 0.2) is 0 Å². The Morgan fingerprint density at radius 3 is 2.53 bits per heavy atom. The van der Waals surface area contributed by atoms with E-state index < -0.39 is 0 Å². The van der Waals surface area contributed by atoms with Crippen molar-refractivity contribution in [2.45, 2.75) is 64.0 Å². The van der Waals surface area contributed by atoms with E-state index in [-0.39, 0.29) is 29.8 Å². The minimum absolute atomic E-state index is 0. The van der Waals surface area contributed by atoms with Gasteiger partial charge in [-0.1, -0.05) is 19.8 Å². The van der Waals surface area contributed by atoms with Gasteiger partial charge < -0.3 is 11.1 Å². The number of carbonyl (C=O) groups is 1. The fourth-order valence-corrected chi connectivity index (χ4v) is 3.11. The summed E-state index contributed by atoms with van der Waals surface area (Å²) in [6, 6.07) is 0.417. The summed E-state index contributed by atoms with van der Waals surface area (Å²) in [5, 5.41) is 3.15. The highest BCUT2D eigenvalue weighted by Crippen LogP contribution is 2.33. The number of hydrogen-bond donors (Lipinski definition) is 2. The zero-order valence-corrected chi connectivity index (χ0v) is 11.7. The number of hydrogen-bond acceptors (Lipinski definition) is 2. The molecular formula is C13H25ClN2O. The van der Waals surface area contributed by atoms with Crippen LogP contribution in [0.2, 0.25) is 0 Å². The molecule has 2 unspecified atom stereocenters. The molecule has 2 aliphatic rings. The third-order valence-corrected chi connectivity index (χ3v) is 4.29. The molecule has 0 radical (unpaired) electrons. The fraction of sp³-hybridized carbons (Fsp3) is 0.923. The number of halogens is 1. The predicted octanol–water partition coefficient (Wildman–Crippen LogP) is 2.23. The molecule has 0 aromatic rings. The van der Waals surface area contributed by atoms with Crippen LogP contribution < -0.4 is 11.1 Å². The van der Waals surface area contributed by atoms with Gasteiger partial charge in [0.15, 0.2) is 0 Å². The molecule has 3 nitrogen and oxygen atoms in total. The van der Waals surface area contributed by atoms with E-state index in [9.17, 15) is 4.79 Å². The Labute approximate surface area is 110 Å². The Bertz CT molecular complexity index is 275. The van der Waals surface area contributed by atoms with Gasteiger partial charge in [-0.3, -0.25) is 4.79 Å². The molecule has 0 spiro atoms. The van der Waals surface area contributed by atoms with E-state index >= 15 is 0 Å². The second-order valence-electron chi connectivity index (χ2n) is 6.09. The molecule has 100 valence electrons. The molecule has 17 heavy (non-hydrogen) atoms. The van der Waals surface area contributed by atoms with Crippen LogP contribution in [-0.4, -0.2) is 17.5 Å². The Kier molecular flexibility index (Phi) is 4.85. The molecule has 0 aliphatic heterocycles. The number of amides is 1. The summed E-state index contributed by atoms with van der Waals surface area (Å²) in [7, 11) is 0. The summed E-state index contributed by atoms with van der Waals surface area (Å²) in [4.78, 5) is 12.1. The molecule has 2 fully saturated rings. The van der Waals surface area contributed by atoms with Gasteiger partial charge in [0.05, 0.1) is 5.92 Å². The van der Waals surface area contributed by atoms with Crippen molar-refractivity contribution in [3.05, 3.63) is 0 Å². The maximum absolute atomic E-state index is 12.1. The van der Waals surface area contributed by atoms with Crippen LogP contribution in [-0.2, 0) is 4.79 Å². The van der Waals surface area contributed by atoms with E-state index in [2.05, 4.69) is 12.2 Å². The lowest BCUT2D eigenvalue weighted by molar-refractivity contribution is -0.129. The maximum atomic E-state index is 12.1. The van der Waals surface area contributed by atoms with Crippen LogP contribution in [0.3, 0.4) is 0 Å². The molecule has 0 heterocycles. The molecule has 3 N–H and O–H groups in total. The highest BCUT2D eigenvalue weighted by Gasteiger charge is 2.39.